The highest BCUT2D eigenvalue weighted by atomic mass is 19.1. The van der Waals surface area contributed by atoms with Crippen LogP contribution in [0.3, 0.4) is 0 Å². The van der Waals surface area contributed by atoms with E-state index in [0.29, 0.717) is 24.0 Å². The van der Waals surface area contributed by atoms with E-state index in [1.807, 2.05) is 36.6 Å². The van der Waals surface area contributed by atoms with Crippen molar-refractivity contribution in [2.24, 2.45) is 5.92 Å². The summed E-state index contributed by atoms with van der Waals surface area (Å²) in [6.07, 6.45) is 15.1. The van der Waals surface area contributed by atoms with Gasteiger partial charge in [-0.25, -0.2) is 8.78 Å². The Hall–Kier alpha value is -4.05. The summed E-state index contributed by atoms with van der Waals surface area (Å²) in [5.41, 5.74) is 5.25. The largest absolute Gasteiger partial charge is 0.364 e. The molecule has 35 heavy (non-hydrogen) atoms. The van der Waals surface area contributed by atoms with Crippen LogP contribution in [0.25, 0.3) is 23.3 Å². The second-order valence-electron chi connectivity index (χ2n) is 9.15. The zero-order valence-electron chi connectivity index (χ0n) is 19.0. The summed E-state index contributed by atoms with van der Waals surface area (Å²) < 4.78 is 28.0. The molecule has 0 saturated carbocycles. The first-order valence-electron chi connectivity index (χ1n) is 11.8. The highest BCUT2D eigenvalue weighted by Crippen LogP contribution is 2.35. The van der Waals surface area contributed by atoms with Crippen molar-refractivity contribution in [2.45, 2.75) is 18.8 Å². The number of allylic oxidation sites excluding steroid dienone is 5. The molecule has 3 aromatic rings. The van der Waals surface area contributed by atoms with Crippen LogP contribution in [0.2, 0.25) is 0 Å². The van der Waals surface area contributed by atoms with Crippen LogP contribution in [0.1, 0.15) is 33.8 Å². The number of halogens is 2. The molecule has 6 rings (SSSR count). The smallest absolute Gasteiger partial charge is 0.169 e. The Morgan fingerprint density at radius 3 is 2.60 bits per heavy atom. The molecule has 0 bridgehead atoms. The Kier molecular flexibility index (Phi) is 5.29. The van der Waals surface area contributed by atoms with E-state index in [9.17, 15) is 13.6 Å². The van der Waals surface area contributed by atoms with Gasteiger partial charge in [-0.05, 0) is 88.0 Å². The van der Waals surface area contributed by atoms with Crippen molar-refractivity contribution in [1.82, 2.24) is 5.32 Å². The first kappa shape index (κ1) is 21.5. The maximum Gasteiger partial charge on any atom is 0.169 e. The number of benzene rings is 3. The van der Waals surface area contributed by atoms with Crippen LogP contribution in [-0.2, 0) is 6.42 Å². The maximum absolute atomic E-state index is 14.5. The molecule has 2 aliphatic carbocycles. The SMILES string of the molecule is O=C(c1ccc(F)cc1)C1C=c2c(ccc3c2=CCc2c(F)cccc2-3)C(C2=CC=CC=CN2)C1. The Bertz CT molecular complexity index is 1560. The van der Waals surface area contributed by atoms with Gasteiger partial charge < -0.3 is 5.32 Å². The van der Waals surface area contributed by atoms with Gasteiger partial charge in [0.15, 0.2) is 5.78 Å². The van der Waals surface area contributed by atoms with Gasteiger partial charge in [0, 0.05) is 29.3 Å². The summed E-state index contributed by atoms with van der Waals surface area (Å²) >= 11 is 0. The number of carbonyl (C=O) groups is 1. The van der Waals surface area contributed by atoms with Crippen molar-refractivity contribution in [3.05, 3.63) is 130 Å². The van der Waals surface area contributed by atoms with Gasteiger partial charge in [0.1, 0.15) is 11.6 Å². The van der Waals surface area contributed by atoms with Crippen molar-refractivity contribution in [3.8, 4) is 11.1 Å². The zero-order valence-corrected chi connectivity index (χ0v) is 19.0. The van der Waals surface area contributed by atoms with Gasteiger partial charge in [-0.15, -0.1) is 0 Å². The number of fused-ring (bicyclic) bond motifs is 5. The Balaban J connectivity index is 1.54. The summed E-state index contributed by atoms with van der Waals surface area (Å²) in [6, 6.07) is 15.2. The monoisotopic (exact) mass is 463 g/mol. The fourth-order valence-electron chi connectivity index (χ4n) is 5.46. The van der Waals surface area contributed by atoms with Crippen LogP contribution in [0, 0.1) is 17.6 Å². The molecule has 4 heteroatoms. The molecule has 3 aliphatic rings. The number of hydrogen-bond donors (Lipinski definition) is 1. The molecular formula is C31H23F2NO. The number of rotatable bonds is 3. The van der Waals surface area contributed by atoms with Crippen LogP contribution in [0.5, 0.6) is 0 Å². The lowest BCUT2D eigenvalue weighted by molar-refractivity contribution is 0.0943. The zero-order chi connectivity index (χ0) is 23.9. The van der Waals surface area contributed by atoms with Crippen molar-refractivity contribution in [1.29, 1.82) is 0 Å². The molecular weight excluding hydrogens is 440 g/mol. The first-order valence-corrected chi connectivity index (χ1v) is 11.8. The quantitative estimate of drug-likeness (QED) is 0.535. The van der Waals surface area contributed by atoms with Crippen LogP contribution in [-0.4, -0.2) is 5.78 Å². The molecule has 1 heterocycles. The fraction of sp³-hybridized carbons (Fsp3) is 0.129. The second-order valence-corrected chi connectivity index (χ2v) is 9.15. The number of Topliss-reactive ketones (excluding diaryl/α,β-unsaturated/α-hetero) is 1. The summed E-state index contributed by atoms with van der Waals surface area (Å²) in [7, 11) is 0. The molecule has 1 N–H and O–H groups in total. The van der Waals surface area contributed by atoms with E-state index in [-0.39, 0.29) is 29.3 Å². The first-order chi connectivity index (χ1) is 17.1. The number of carbonyl (C=O) groups excluding carboxylic acids is 1. The number of hydrogen-bond acceptors (Lipinski definition) is 2. The summed E-state index contributed by atoms with van der Waals surface area (Å²) in [6.45, 7) is 0. The molecule has 3 aromatic carbocycles. The summed E-state index contributed by atoms with van der Waals surface area (Å²) in [4.78, 5) is 13.5. The van der Waals surface area contributed by atoms with Crippen LogP contribution >= 0.6 is 0 Å². The van der Waals surface area contributed by atoms with Crippen LogP contribution in [0.4, 0.5) is 8.78 Å². The van der Waals surface area contributed by atoms with Crippen LogP contribution in [0.15, 0.2) is 90.8 Å². The second kappa shape index (κ2) is 8.62. The molecule has 172 valence electrons. The van der Waals surface area contributed by atoms with E-state index in [1.54, 1.807) is 18.2 Å². The third-order valence-electron chi connectivity index (χ3n) is 7.16. The van der Waals surface area contributed by atoms with E-state index >= 15 is 0 Å². The molecule has 0 amide bonds. The molecule has 2 nitrogen and oxygen atoms in total. The summed E-state index contributed by atoms with van der Waals surface area (Å²) in [5, 5.41) is 5.45. The van der Waals surface area contributed by atoms with E-state index < -0.39 is 0 Å². The van der Waals surface area contributed by atoms with Crippen LogP contribution < -0.4 is 15.8 Å². The predicted molar refractivity (Wildman–Crippen MR) is 135 cm³/mol. The van der Waals surface area contributed by atoms with Gasteiger partial charge >= 0.3 is 0 Å². The minimum absolute atomic E-state index is 0.0237. The molecule has 0 saturated heterocycles. The van der Waals surface area contributed by atoms with E-state index in [2.05, 4.69) is 29.6 Å². The van der Waals surface area contributed by atoms with Crippen molar-refractivity contribution in [2.75, 3.05) is 0 Å². The lowest BCUT2D eigenvalue weighted by atomic mass is 9.75. The highest BCUT2D eigenvalue weighted by molar-refractivity contribution is 6.01. The standard InChI is InChI=1S/C31H23F2NO/c32-21-10-8-19(9-11-21)31(35)20-17-27-24-14-15-26-22(5-4-6-29(26)33)23(24)12-13-25(27)28(18-20)30-7-2-1-3-16-34-30/h1-14,16-17,20,28,34H,15,18H2. The van der Waals surface area contributed by atoms with Gasteiger partial charge in [-0.2, -0.15) is 0 Å². The lowest BCUT2D eigenvalue weighted by Crippen LogP contribution is -2.40. The fourth-order valence-corrected chi connectivity index (χ4v) is 5.46. The Morgan fingerprint density at radius 1 is 0.886 bits per heavy atom. The van der Waals surface area contributed by atoms with Gasteiger partial charge in [0.2, 0.25) is 0 Å². The van der Waals surface area contributed by atoms with E-state index in [0.717, 1.165) is 32.8 Å². The molecule has 0 spiro atoms. The van der Waals surface area contributed by atoms with E-state index in [1.165, 1.54) is 18.2 Å². The Labute approximate surface area is 202 Å². The third-order valence-corrected chi connectivity index (χ3v) is 7.16. The Morgan fingerprint density at radius 2 is 1.74 bits per heavy atom. The number of ketones is 1. The molecule has 0 fully saturated rings. The number of nitrogens with one attached hydrogen (secondary N) is 1. The average Bonchev–Trinajstić information content (AvgIpc) is 3.17. The minimum atomic E-state index is -0.370. The summed E-state index contributed by atoms with van der Waals surface area (Å²) in [5.74, 6) is -0.978. The van der Waals surface area contributed by atoms with Crippen molar-refractivity contribution >= 4 is 17.9 Å². The molecule has 0 aromatic heterocycles. The molecule has 0 radical (unpaired) electrons. The molecule has 1 aliphatic heterocycles. The average molecular weight is 464 g/mol. The normalized spacial score (nSPS) is 19.7. The molecule has 2 atom stereocenters. The van der Waals surface area contributed by atoms with E-state index in [4.69, 9.17) is 0 Å². The maximum atomic E-state index is 14.5. The van der Waals surface area contributed by atoms with Gasteiger partial charge in [0.05, 0.1) is 0 Å². The predicted octanol–water partition coefficient (Wildman–Crippen LogP) is 5.29. The van der Waals surface area contributed by atoms with Crippen molar-refractivity contribution in [3.63, 3.8) is 0 Å². The van der Waals surface area contributed by atoms with Gasteiger partial charge in [-0.1, -0.05) is 48.6 Å². The highest BCUT2D eigenvalue weighted by Gasteiger charge is 2.31. The van der Waals surface area contributed by atoms with Crippen molar-refractivity contribution < 1.29 is 13.6 Å². The van der Waals surface area contributed by atoms with Gasteiger partial charge in [-0.3, -0.25) is 4.79 Å². The van der Waals surface area contributed by atoms with Gasteiger partial charge in [0.25, 0.3) is 0 Å². The molecule has 2 unspecified atom stereocenters. The minimum Gasteiger partial charge on any atom is -0.364 e. The topological polar surface area (TPSA) is 29.1 Å². The lowest BCUT2D eigenvalue weighted by Gasteiger charge is -2.30. The third kappa shape index (κ3) is 3.75.